The fraction of sp³-hybridized carbons (Fsp3) is 0.250. The lowest BCUT2D eigenvalue weighted by molar-refractivity contribution is 0.0947. The molecule has 0 amide bonds. The van der Waals surface area contributed by atoms with Gasteiger partial charge in [0.15, 0.2) is 5.78 Å². The van der Waals surface area contributed by atoms with Crippen molar-refractivity contribution < 1.29 is 4.79 Å². The quantitative estimate of drug-likeness (QED) is 0.665. The molecule has 1 aromatic carbocycles. The number of Topliss-reactive ketones (excluding diaryl/α,β-unsaturated/α-hetero) is 1. The SMILES string of the molecule is CC(S)(CCc1ccccn1)C(=O)c1ccccc1. The molecule has 1 aromatic heterocycles. The average molecular weight is 271 g/mol. The molecule has 0 bridgehead atoms. The minimum atomic E-state index is -0.668. The van der Waals surface area contributed by atoms with Crippen molar-refractivity contribution >= 4 is 18.4 Å². The lowest BCUT2D eigenvalue weighted by Gasteiger charge is -2.21. The Balaban J connectivity index is 2.04. The summed E-state index contributed by atoms with van der Waals surface area (Å²) in [6, 6.07) is 15.1. The number of rotatable bonds is 5. The molecule has 98 valence electrons. The first-order valence-corrected chi connectivity index (χ1v) is 6.76. The maximum Gasteiger partial charge on any atom is 0.178 e. The Kier molecular flexibility index (Phi) is 4.38. The Morgan fingerprint density at radius 2 is 1.84 bits per heavy atom. The maximum atomic E-state index is 12.4. The number of thiol groups is 1. The van der Waals surface area contributed by atoms with Gasteiger partial charge in [0.2, 0.25) is 0 Å². The van der Waals surface area contributed by atoms with Crippen LogP contribution in [0.2, 0.25) is 0 Å². The second kappa shape index (κ2) is 6.02. The number of carbonyl (C=O) groups excluding carboxylic acids is 1. The van der Waals surface area contributed by atoms with Crippen LogP contribution in [0.4, 0.5) is 0 Å². The lowest BCUT2D eigenvalue weighted by Crippen LogP contribution is -2.29. The highest BCUT2D eigenvalue weighted by molar-refractivity contribution is 7.82. The van der Waals surface area contributed by atoms with Crippen molar-refractivity contribution in [3.63, 3.8) is 0 Å². The van der Waals surface area contributed by atoms with Gasteiger partial charge in [-0.2, -0.15) is 12.6 Å². The van der Waals surface area contributed by atoms with Crippen molar-refractivity contribution in [2.45, 2.75) is 24.5 Å². The van der Waals surface area contributed by atoms with Crippen molar-refractivity contribution in [1.82, 2.24) is 4.98 Å². The molecule has 0 aliphatic heterocycles. The fourth-order valence-electron chi connectivity index (χ4n) is 1.93. The van der Waals surface area contributed by atoms with E-state index in [2.05, 4.69) is 17.6 Å². The molecule has 1 heterocycles. The second-order valence-corrected chi connectivity index (χ2v) is 5.78. The number of hydrogen-bond acceptors (Lipinski definition) is 3. The van der Waals surface area contributed by atoms with Crippen LogP contribution in [0.1, 0.15) is 29.4 Å². The van der Waals surface area contributed by atoms with E-state index in [0.717, 1.165) is 12.1 Å². The third-order valence-electron chi connectivity index (χ3n) is 3.12. The summed E-state index contributed by atoms with van der Waals surface area (Å²) in [5, 5.41) is 0. The van der Waals surface area contributed by atoms with Gasteiger partial charge in [-0.3, -0.25) is 9.78 Å². The van der Waals surface area contributed by atoms with Gasteiger partial charge in [-0.25, -0.2) is 0 Å². The Bertz CT molecular complexity index is 537. The van der Waals surface area contributed by atoms with Crippen molar-refractivity contribution in [3.8, 4) is 0 Å². The zero-order chi connectivity index (χ0) is 13.7. The van der Waals surface area contributed by atoms with Gasteiger partial charge < -0.3 is 0 Å². The lowest BCUT2D eigenvalue weighted by atomic mass is 9.93. The van der Waals surface area contributed by atoms with Gasteiger partial charge in [-0.05, 0) is 31.9 Å². The van der Waals surface area contributed by atoms with E-state index in [0.29, 0.717) is 12.0 Å². The minimum Gasteiger partial charge on any atom is -0.293 e. The number of nitrogens with zero attached hydrogens (tertiary/aromatic N) is 1. The maximum absolute atomic E-state index is 12.4. The molecule has 2 rings (SSSR count). The third kappa shape index (κ3) is 3.67. The Morgan fingerprint density at radius 1 is 1.16 bits per heavy atom. The largest absolute Gasteiger partial charge is 0.293 e. The standard InChI is InChI=1S/C16H17NOS/c1-16(19,11-10-14-9-5-6-12-17-14)15(18)13-7-3-2-4-8-13/h2-9,12,19H,10-11H2,1H3. The minimum absolute atomic E-state index is 0.0624. The highest BCUT2D eigenvalue weighted by Gasteiger charge is 2.29. The molecule has 0 radical (unpaired) electrons. The zero-order valence-electron chi connectivity index (χ0n) is 10.9. The van der Waals surface area contributed by atoms with Crippen LogP contribution in [-0.2, 0) is 6.42 Å². The Labute approximate surface area is 119 Å². The molecule has 0 fully saturated rings. The number of benzene rings is 1. The van der Waals surface area contributed by atoms with Gasteiger partial charge in [0.1, 0.15) is 0 Å². The summed E-state index contributed by atoms with van der Waals surface area (Å²) >= 11 is 4.55. The van der Waals surface area contributed by atoms with E-state index in [1.54, 1.807) is 6.20 Å². The first kappa shape index (κ1) is 13.8. The molecule has 0 aliphatic rings. The van der Waals surface area contributed by atoms with E-state index in [4.69, 9.17) is 0 Å². The third-order valence-corrected chi connectivity index (χ3v) is 3.55. The molecular weight excluding hydrogens is 254 g/mol. The van der Waals surface area contributed by atoms with E-state index >= 15 is 0 Å². The van der Waals surface area contributed by atoms with Gasteiger partial charge in [0, 0.05) is 17.5 Å². The van der Waals surface area contributed by atoms with E-state index in [9.17, 15) is 4.79 Å². The van der Waals surface area contributed by atoms with E-state index in [1.807, 2.05) is 55.5 Å². The first-order chi connectivity index (χ1) is 9.09. The molecule has 0 saturated carbocycles. The summed E-state index contributed by atoms with van der Waals surface area (Å²) in [6.07, 6.45) is 3.18. The van der Waals surface area contributed by atoms with Crippen molar-refractivity contribution in [2.24, 2.45) is 0 Å². The number of carbonyl (C=O) groups is 1. The van der Waals surface area contributed by atoms with Crippen molar-refractivity contribution in [2.75, 3.05) is 0 Å². The molecule has 2 aromatic rings. The van der Waals surface area contributed by atoms with Crippen molar-refractivity contribution in [3.05, 3.63) is 66.0 Å². The summed E-state index contributed by atoms with van der Waals surface area (Å²) in [4.78, 5) is 16.7. The highest BCUT2D eigenvalue weighted by Crippen LogP contribution is 2.25. The average Bonchev–Trinajstić information content (AvgIpc) is 2.46. The topological polar surface area (TPSA) is 30.0 Å². The van der Waals surface area contributed by atoms with E-state index in [-0.39, 0.29) is 5.78 Å². The van der Waals surface area contributed by atoms with Crippen LogP contribution >= 0.6 is 12.6 Å². The molecule has 1 unspecified atom stereocenters. The van der Waals surface area contributed by atoms with Crippen molar-refractivity contribution in [1.29, 1.82) is 0 Å². The number of pyridine rings is 1. The summed E-state index contributed by atoms with van der Waals surface area (Å²) < 4.78 is -0.668. The number of aromatic nitrogens is 1. The molecule has 0 aliphatic carbocycles. The van der Waals surface area contributed by atoms with Crippen LogP contribution in [-0.4, -0.2) is 15.5 Å². The van der Waals surface area contributed by atoms with E-state index < -0.39 is 4.75 Å². The fourth-order valence-corrected chi connectivity index (χ4v) is 2.17. The van der Waals surface area contributed by atoms with E-state index in [1.165, 1.54) is 0 Å². The molecule has 1 atom stereocenters. The molecule has 3 heteroatoms. The molecule has 0 saturated heterocycles. The second-order valence-electron chi connectivity index (χ2n) is 4.79. The van der Waals surface area contributed by atoms with Gasteiger partial charge in [0.25, 0.3) is 0 Å². The van der Waals surface area contributed by atoms with Crippen LogP contribution in [0.5, 0.6) is 0 Å². The van der Waals surface area contributed by atoms with Gasteiger partial charge in [0.05, 0.1) is 4.75 Å². The number of ketones is 1. The summed E-state index contributed by atoms with van der Waals surface area (Å²) in [7, 11) is 0. The number of hydrogen-bond donors (Lipinski definition) is 1. The van der Waals surface area contributed by atoms with Gasteiger partial charge >= 0.3 is 0 Å². The Morgan fingerprint density at radius 3 is 2.47 bits per heavy atom. The predicted octanol–water partition coefficient (Wildman–Crippen LogP) is 3.59. The molecular formula is C16H17NOS. The summed E-state index contributed by atoms with van der Waals surface area (Å²) in [5.74, 6) is 0.0624. The molecule has 2 nitrogen and oxygen atoms in total. The summed E-state index contributed by atoms with van der Waals surface area (Å²) in [6.45, 7) is 1.87. The van der Waals surface area contributed by atoms with Crippen LogP contribution in [0.25, 0.3) is 0 Å². The molecule has 0 spiro atoms. The van der Waals surface area contributed by atoms with Crippen LogP contribution in [0.15, 0.2) is 54.7 Å². The van der Waals surface area contributed by atoms with Crippen LogP contribution in [0.3, 0.4) is 0 Å². The highest BCUT2D eigenvalue weighted by atomic mass is 32.1. The number of aryl methyl sites for hydroxylation is 1. The van der Waals surface area contributed by atoms with Gasteiger partial charge in [-0.1, -0.05) is 36.4 Å². The molecule has 0 N–H and O–H groups in total. The first-order valence-electron chi connectivity index (χ1n) is 6.32. The summed E-state index contributed by atoms with van der Waals surface area (Å²) in [5.41, 5.74) is 1.70. The normalized spacial score (nSPS) is 13.8. The Hall–Kier alpha value is -1.61. The monoisotopic (exact) mass is 271 g/mol. The van der Waals surface area contributed by atoms with Crippen LogP contribution in [0, 0.1) is 0 Å². The van der Waals surface area contributed by atoms with Crippen LogP contribution < -0.4 is 0 Å². The molecule has 19 heavy (non-hydrogen) atoms. The smallest absolute Gasteiger partial charge is 0.178 e. The van der Waals surface area contributed by atoms with Gasteiger partial charge in [-0.15, -0.1) is 0 Å². The predicted molar refractivity (Wildman–Crippen MR) is 80.7 cm³/mol. The zero-order valence-corrected chi connectivity index (χ0v) is 11.8.